The fraction of sp³-hybridized carbons (Fsp3) is 0.533. The van der Waals surface area contributed by atoms with Crippen LogP contribution >= 0.6 is 39.9 Å². The molecule has 16 nitrogen and oxygen atoms in total. The molecule has 2 saturated heterocycles. The zero-order valence-corrected chi connectivity index (χ0v) is 30.1. The van der Waals surface area contributed by atoms with E-state index in [0.29, 0.717) is 51.6 Å². The Labute approximate surface area is 300 Å². The highest BCUT2D eigenvalue weighted by Crippen LogP contribution is 2.36. The van der Waals surface area contributed by atoms with E-state index >= 15 is 0 Å². The second kappa shape index (κ2) is 18.8. The Hall–Kier alpha value is -3.01. The molecule has 268 valence electrons. The number of alkyl halides is 1. The van der Waals surface area contributed by atoms with Crippen molar-refractivity contribution in [2.24, 2.45) is 0 Å². The molecule has 6 heterocycles. The lowest BCUT2D eigenvalue weighted by Gasteiger charge is -2.16. The van der Waals surface area contributed by atoms with Crippen LogP contribution < -0.4 is 11.5 Å². The molecular formula is C30H43BrN10O6S2. The molecule has 0 radical (unpaired) electrons. The van der Waals surface area contributed by atoms with Gasteiger partial charge in [-0.25, -0.2) is 24.9 Å². The average Bonchev–Trinajstić information content (AvgIpc) is 3.85. The molecule has 0 saturated carbocycles. The lowest BCUT2D eigenvalue weighted by Crippen LogP contribution is -2.24. The van der Waals surface area contributed by atoms with Gasteiger partial charge >= 0.3 is 0 Å². The van der Waals surface area contributed by atoms with Gasteiger partial charge < -0.3 is 46.4 Å². The number of aliphatic hydroxyl groups excluding tert-OH is 4. The molecular weight excluding hydrogens is 740 g/mol. The molecule has 19 heteroatoms. The lowest BCUT2D eigenvalue weighted by molar-refractivity contribution is -0.0457. The van der Waals surface area contributed by atoms with E-state index in [9.17, 15) is 15.3 Å². The molecule has 0 spiro atoms. The summed E-state index contributed by atoms with van der Waals surface area (Å²) in [5.41, 5.74) is 13.8. The van der Waals surface area contributed by atoms with Crippen LogP contribution in [0.15, 0.2) is 43.1 Å². The second-order valence-electron chi connectivity index (χ2n) is 11.1. The number of aliphatic hydroxyl groups is 4. The zero-order chi connectivity index (χ0) is 35.5. The number of hydrogen-bond acceptors (Lipinski definition) is 15. The maximum atomic E-state index is 10.0. The summed E-state index contributed by atoms with van der Waals surface area (Å²) in [5, 5.41) is 40.0. The van der Waals surface area contributed by atoms with Gasteiger partial charge in [0.05, 0.1) is 25.4 Å². The van der Waals surface area contributed by atoms with Crippen LogP contribution in [0, 0.1) is 4.77 Å². The van der Waals surface area contributed by atoms with Crippen molar-refractivity contribution < 1.29 is 29.9 Å². The van der Waals surface area contributed by atoms with Gasteiger partial charge in [-0.1, -0.05) is 39.8 Å². The van der Waals surface area contributed by atoms with Gasteiger partial charge in [0, 0.05) is 23.9 Å². The van der Waals surface area contributed by atoms with Gasteiger partial charge in [0.25, 0.3) is 0 Å². The topological polar surface area (TPSA) is 242 Å². The Balaban J connectivity index is 0.000000193. The number of nitrogens with one attached hydrogen (secondary N) is 1. The molecule has 0 bridgehead atoms. The number of nitrogen functional groups attached to an aromatic ring is 2. The van der Waals surface area contributed by atoms with Gasteiger partial charge in [-0.2, -0.15) is 0 Å². The first-order chi connectivity index (χ1) is 23.7. The van der Waals surface area contributed by atoms with Crippen LogP contribution in [0.2, 0.25) is 0 Å². The van der Waals surface area contributed by atoms with Crippen molar-refractivity contribution in [3.8, 4) is 0 Å². The lowest BCUT2D eigenvalue weighted by atomic mass is 10.2. The molecule has 49 heavy (non-hydrogen) atoms. The van der Waals surface area contributed by atoms with Crippen LogP contribution in [0.5, 0.6) is 0 Å². The van der Waals surface area contributed by atoms with Gasteiger partial charge in [-0.05, 0) is 37.9 Å². The number of nitrogens with two attached hydrogens (primary N) is 2. The summed E-state index contributed by atoms with van der Waals surface area (Å²) in [6, 6.07) is 0. The van der Waals surface area contributed by atoms with Crippen molar-refractivity contribution >= 4 is 73.9 Å². The third-order valence-corrected chi connectivity index (χ3v) is 9.58. The number of hydrogen-bond donors (Lipinski definition) is 7. The number of H-pyrrole nitrogens is 1. The summed E-state index contributed by atoms with van der Waals surface area (Å²) in [6.07, 6.45) is 7.87. The summed E-state index contributed by atoms with van der Waals surface area (Å²) >= 11 is 10.1. The molecule has 9 N–H and O–H groups in total. The van der Waals surface area contributed by atoms with Crippen molar-refractivity contribution in [1.29, 1.82) is 0 Å². The number of allylic oxidation sites excluding steroid dienone is 2. The predicted molar refractivity (Wildman–Crippen MR) is 193 cm³/mol. The second-order valence-corrected chi connectivity index (χ2v) is 13.3. The summed E-state index contributed by atoms with van der Waals surface area (Å²) in [7, 11) is 0. The number of aromatic nitrogens is 8. The van der Waals surface area contributed by atoms with Gasteiger partial charge in [0.1, 0.15) is 42.8 Å². The highest BCUT2D eigenvalue weighted by Gasteiger charge is 2.37. The first kappa shape index (κ1) is 38.8. The number of nitrogens with zero attached hydrogens (tertiary/aromatic N) is 7. The number of rotatable bonds is 12. The minimum Gasteiger partial charge on any atom is -0.394 e. The quantitative estimate of drug-likeness (QED) is 0.0359. The number of anilines is 2. The summed E-state index contributed by atoms with van der Waals surface area (Å²) in [6.45, 7) is 6.82. The maximum absolute atomic E-state index is 10.0. The number of halogens is 1. The van der Waals surface area contributed by atoms with Crippen LogP contribution in [0.4, 0.5) is 11.6 Å². The smallest absolute Gasteiger partial charge is 0.181 e. The summed E-state index contributed by atoms with van der Waals surface area (Å²) < 4.78 is 15.2. The summed E-state index contributed by atoms with van der Waals surface area (Å²) in [4.78, 5) is 23.8. The van der Waals surface area contributed by atoms with E-state index in [2.05, 4.69) is 59.0 Å². The predicted octanol–water partition coefficient (Wildman–Crippen LogP) is 3.17. The minimum atomic E-state index is -0.735. The van der Waals surface area contributed by atoms with Crippen LogP contribution in [-0.2, 0) is 9.47 Å². The first-order valence-electron chi connectivity index (χ1n) is 15.7. The minimum absolute atomic E-state index is 0.233. The molecule has 0 aromatic carbocycles. The van der Waals surface area contributed by atoms with Crippen LogP contribution in [-0.4, -0.2) is 108 Å². The van der Waals surface area contributed by atoms with Crippen LogP contribution in [0.25, 0.3) is 22.3 Å². The van der Waals surface area contributed by atoms with E-state index in [1.807, 2.05) is 16.7 Å². The van der Waals surface area contributed by atoms with E-state index in [4.69, 9.17) is 38.3 Å². The zero-order valence-electron chi connectivity index (χ0n) is 26.8. The number of aromatic amines is 1. The van der Waals surface area contributed by atoms with Crippen molar-refractivity contribution in [3.63, 3.8) is 0 Å². The fourth-order valence-corrected chi connectivity index (χ4v) is 6.80. The number of fused-ring (bicyclic) bond motifs is 2. The van der Waals surface area contributed by atoms with Crippen molar-refractivity contribution in [3.05, 3.63) is 42.7 Å². The van der Waals surface area contributed by atoms with Gasteiger partial charge in [0.2, 0.25) is 0 Å². The van der Waals surface area contributed by atoms with Crippen LogP contribution in [0.1, 0.15) is 51.0 Å². The molecule has 6 unspecified atom stereocenters. The van der Waals surface area contributed by atoms with E-state index in [0.717, 1.165) is 35.5 Å². The third kappa shape index (κ3) is 9.41. The highest BCUT2D eigenvalue weighted by atomic mass is 79.9. The maximum Gasteiger partial charge on any atom is 0.181 e. The van der Waals surface area contributed by atoms with Gasteiger partial charge in [-0.15, -0.1) is 13.2 Å². The molecule has 2 aliphatic rings. The Bertz CT molecular complexity index is 1740. The Kier molecular flexibility index (Phi) is 14.9. The van der Waals surface area contributed by atoms with Crippen LogP contribution in [0.3, 0.4) is 0 Å². The Morgan fingerprint density at radius 3 is 2.04 bits per heavy atom. The SMILES string of the molecule is C=CCCCBr.C=CCCCSc1nc2c(N)ncnc2n1C1CC(O)C(CO)O1.Nc1ncnc2c1[nH]c(=S)n2C1CC(O)C(CO)O1. The van der Waals surface area contributed by atoms with Crippen molar-refractivity contribution in [2.75, 3.05) is 35.8 Å². The largest absolute Gasteiger partial charge is 0.394 e. The van der Waals surface area contributed by atoms with E-state index in [1.54, 1.807) is 16.3 Å². The Morgan fingerprint density at radius 1 is 0.918 bits per heavy atom. The fourth-order valence-electron chi connectivity index (χ4n) is 5.18. The molecule has 0 amide bonds. The summed E-state index contributed by atoms with van der Waals surface area (Å²) in [5.74, 6) is 1.47. The van der Waals surface area contributed by atoms with Gasteiger partial charge in [0.15, 0.2) is 38.4 Å². The number of ether oxygens (including phenoxy) is 2. The van der Waals surface area contributed by atoms with E-state index < -0.39 is 36.9 Å². The molecule has 2 aliphatic heterocycles. The molecule has 2 fully saturated rings. The van der Waals surface area contributed by atoms with E-state index in [1.165, 1.54) is 19.1 Å². The third-order valence-electron chi connectivity index (χ3n) is 7.68. The van der Waals surface area contributed by atoms with Crippen molar-refractivity contribution in [1.82, 2.24) is 39.0 Å². The monoisotopic (exact) mass is 782 g/mol. The van der Waals surface area contributed by atoms with Gasteiger partial charge in [-0.3, -0.25) is 9.13 Å². The molecule has 6 rings (SSSR count). The molecule has 0 aliphatic carbocycles. The molecule has 4 aromatic rings. The average molecular weight is 784 g/mol. The number of imidazole rings is 2. The number of thioether (sulfide) groups is 1. The Morgan fingerprint density at radius 2 is 1.49 bits per heavy atom. The molecule has 4 aromatic heterocycles. The normalized spacial score (nSPS) is 23.2. The standard InChI is InChI=1S/C15H21N5O3S.C10H13N5O3S.C5H9Br/c1-2-3-4-5-24-15-19-12-13(16)17-8-18-14(12)20(15)11-6-9(22)10(7-21)23-11;11-8-7-9(13-3-12-8)15(10(19)14-7)6-1-4(17)5(2-16)18-6;1-2-3-4-5-6/h2,8-11,21-22H,1,3-7H2,(H2,16,17,18);3-6,16-17H,1-2H2,(H,14,19)(H2,11,12,13);2H,1,3-5H2. The highest BCUT2D eigenvalue weighted by molar-refractivity contribution is 9.09. The first-order valence-corrected chi connectivity index (χ1v) is 18.2. The van der Waals surface area contributed by atoms with Crippen molar-refractivity contribution in [2.45, 2.75) is 80.6 Å². The molecule has 6 atom stereocenters. The number of unbranched alkanes of at least 4 members (excludes halogenated alkanes) is 2. The van der Waals surface area contributed by atoms with E-state index in [-0.39, 0.29) is 13.2 Å².